The van der Waals surface area contributed by atoms with Crippen LogP contribution >= 0.6 is 0 Å². The maximum absolute atomic E-state index is 13.2. The lowest BCUT2D eigenvalue weighted by Crippen LogP contribution is -2.45. The Hall–Kier alpha value is -2.63. The molecule has 6 nitrogen and oxygen atoms in total. The van der Waals surface area contributed by atoms with Crippen LogP contribution in [0.2, 0.25) is 0 Å². The zero-order valence-electron chi connectivity index (χ0n) is 16.1. The molecule has 6 heteroatoms. The second-order valence-corrected chi connectivity index (χ2v) is 7.44. The minimum atomic E-state index is 0.218. The van der Waals surface area contributed by atoms with Crippen molar-refractivity contribution in [1.29, 1.82) is 0 Å². The third kappa shape index (κ3) is 3.61. The van der Waals surface area contributed by atoms with Gasteiger partial charge >= 0.3 is 0 Å². The van der Waals surface area contributed by atoms with Crippen molar-refractivity contribution in [3.63, 3.8) is 0 Å². The Kier molecular flexibility index (Phi) is 4.97. The molecule has 0 spiro atoms. The summed E-state index contributed by atoms with van der Waals surface area (Å²) in [6, 6.07) is 6.26. The van der Waals surface area contributed by atoms with Crippen LogP contribution in [0.15, 0.2) is 36.8 Å². The number of hydrogen-bond donors (Lipinski definition) is 0. The number of aryl methyl sites for hydroxylation is 3. The number of likely N-dealkylation sites (tertiary alicyclic amines) is 1. The summed E-state index contributed by atoms with van der Waals surface area (Å²) in [7, 11) is 0. The first kappa shape index (κ1) is 17.8. The van der Waals surface area contributed by atoms with E-state index >= 15 is 0 Å². The average molecular weight is 365 g/mol. The molecule has 0 aliphatic carbocycles. The van der Waals surface area contributed by atoms with E-state index in [0.29, 0.717) is 12.5 Å². The van der Waals surface area contributed by atoms with Crippen LogP contribution < -0.4 is 0 Å². The fourth-order valence-corrected chi connectivity index (χ4v) is 4.18. The van der Waals surface area contributed by atoms with Crippen molar-refractivity contribution >= 4 is 11.6 Å². The fraction of sp³-hybridized carbons (Fsp3) is 0.476. The molecule has 0 N–H and O–H groups in total. The van der Waals surface area contributed by atoms with Crippen LogP contribution in [0.5, 0.6) is 0 Å². The van der Waals surface area contributed by atoms with Gasteiger partial charge in [0, 0.05) is 37.7 Å². The van der Waals surface area contributed by atoms with E-state index in [2.05, 4.69) is 19.4 Å². The molecule has 0 saturated carbocycles. The second kappa shape index (κ2) is 7.55. The number of aromatic nitrogens is 4. The molecular weight excluding hydrogens is 338 g/mol. The highest BCUT2D eigenvalue weighted by Gasteiger charge is 2.27. The first-order chi connectivity index (χ1) is 13.1. The van der Waals surface area contributed by atoms with Gasteiger partial charge in [0.15, 0.2) is 0 Å². The summed E-state index contributed by atoms with van der Waals surface area (Å²) in [5.74, 6) is 1.25. The maximum Gasteiger partial charge on any atom is 0.228 e. The highest BCUT2D eigenvalue weighted by molar-refractivity contribution is 5.79. The topological polar surface area (TPSA) is 55.4 Å². The summed E-state index contributed by atoms with van der Waals surface area (Å²) in [4.78, 5) is 24.2. The monoisotopic (exact) mass is 365 g/mol. The van der Waals surface area contributed by atoms with E-state index in [-0.39, 0.29) is 5.91 Å². The predicted molar refractivity (Wildman–Crippen MR) is 105 cm³/mol. The van der Waals surface area contributed by atoms with Crippen molar-refractivity contribution in [3.8, 4) is 0 Å². The van der Waals surface area contributed by atoms with E-state index in [1.54, 1.807) is 0 Å². The number of rotatable bonds is 5. The van der Waals surface area contributed by atoms with Crippen LogP contribution in [0, 0.1) is 13.8 Å². The minimum Gasteiger partial charge on any atom is -0.339 e. The normalized spacial score (nSPS) is 17.6. The van der Waals surface area contributed by atoms with Crippen molar-refractivity contribution in [2.75, 3.05) is 6.54 Å². The van der Waals surface area contributed by atoms with Gasteiger partial charge in [-0.3, -0.25) is 4.79 Å². The summed E-state index contributed by atoms with van der Waals surface area (Å²) in [6.45, 7) is 5.79. The Morgan fingerprint density at radius 2 is 2.11 bits per heavy atom. The van der Waals surface area contributed by atoms with Gasteiger partial charge in [-0.15, -0.1) is 0 Å². The molecule has 1 saturated heterocycles. The van der Waals surface area contributed by atoms with Gasteiger partial charge in [-0.05, 0) is 51.7 Å². The predicted octanol–water partition coefficient (Wildman–Crippen LogP) is 3.16. The summed E-state index contributed by atoms with van der Waals surface area (Å²) in [5, 5.41) is 0. The average Bonchev–Trinajstić information content (AvgIpc) is 3.23. The van der Waals surface area contributed by atoms with Gasteiger partial charge < -0.3 is 13.9 Å². The Balaban J connectivity index is 1.48. The number of piperidine rings is 1. The van der Waals surface area contributed by atoms with E-state index in [1.807, 2.05) is 55.0 Å². The molecular formula is C21H27N5O. The van der Waals surface area contributed by atoms with Gasteiger partial charge in [0.2, 0.25) is 5.91 Å². The smallest absolute Gasteiger partial charge is 0.228 e. The minimum absolute atomic E-state index is 0.218. The molecule has 1 aliphatic rings. The van der Waals surface area contributed by atoms with E-state index < -0.39 is 0 Å². The summed E-state index contributed by atoms with van der Waals surface area (Å²) in [6.07, 6.45) is 10.6. The summed E-state index contributed by atoms with van der Waals surface area (Å²) < 4.78 is 4.22. The largest absolute Gasteiger partial charge is 0.339 e. The molecule has 4 rings (SSSR count). The van der Waals surface area contributed by atoms with Crippen molar-refractivity contribution in [2.45, 2.75) is 58.5 Å². The molecule has 0 aromatic carbocycles. The van der Waals surface area contributed by atoms with Crippen LogP contribution in [0.4, 0.5) is 0 Å². The Bertz CT molecular complexity index is 941. The molecule has 3 aromatic heterocycles. The van der Waals surface area contributed by atoms with Crippen molar-refractivity contribution < 1.29 is 4.79 Å². The summed E-state index contributed by atoms with van der Waals surface area (Å²) >= 11 is 0. The molecule has 27 heavy (non-hydrogen) atoms. The molecule has 1 unspecified atom stereocenters. The Morgan fingerprint density at radius 3 is 2.93 bits per heavy atom. The first-order valence-corrected chi connectivity index (χ1v) is 9.83. The van der Waals surface area contributed by atoms with Gasteiger partial charge in [0.05, 0.1) is 17.8 Å². The van der Waals surface area contributed by atoms with E-state index in [0.717, 1.165) is 55.2 Å². The molecule has 0 bridgehead atoms. The number of nitrogens with zero attached hydrogens (tertiary/aromatic N) is 5. The zero-order valence-corrected chi connectivity index (χ0v) is 16.1. The fourth-order valence-electron chi connectivity index (χ4n) is 4.18. The highest BCUT2D eigenvalue weighted by atomic mass is 16.2. The second-order valence-electron chi connectivity index (χ2n) is 7.44. The lowest BCUT2D eigenvalue weighted by molar-refractivity contribution is -0.134. The van der Waals surface area contributed by atoms with E-state index in [1.165, 1.54) is 6.42 Å². The molecule has 3 aromatic rings. The lowest BCUT2D eigenvalue weighted by Gasteiger charge is -2.36. The number of pyridine rings is 1. The number of carbonyl (C=O) groups excluding carboxylic acids is 1. The quantitative estimate of drug-likeness (QED) is 0.698. The standard InChI is InChI=1S/C21H27N5O/c1-16-19(26-12-6-4-8-20(26)23-16)15-21(27)25-11-5-3-7-18(25)9-13-24-14-10-22-17(24)2/h4,6,8,10,12,14,18H,3,5,7,9,11,13,15H2,1-2H3. The van der Waals surface area contributed by atoms with Gasteiger partial charge in [0.1, 0.15) is 11.5 Å². The van der Waals surface area contributed by atoms with Gasteiger partial charge in [-0.2, -0.15) is 0 Å². The number of imidazole rings is 2. The van der Waals surface area contributed by atoms with Gasteiger partial charge in [-0.25, -0.2) is 9.97 Å². The van der Waals surface area contributed by atoms with E-state index in [4.69, 9.17) is 0 Å². The van der Waals surface area contributed by atoms with Crippen molar-refractivity contribution in [1.82, 2.24) is 23.8 Å². The number of hydrogen-bond acceptors (Lipinski definition) is 3. The van der Waals surface area contributed by atoms with E-state index in [9.17, 15) is 4.79 Å². The Labute approximate surface area is 159 Å². The zero-order chi connectivity index (χ0) is 18.8. The van der Waals surface area contributed by atoms with Crippen molar-refractivity contribution in [3.05, 3.63) is 54.0 Å². The number of fused-ring (bicyclic) bond motifs is 1. The molecule has 142 valence electrons. The van der Waals surface area contributed by atoms with Crippen LogP contribution in [-0.2, 0) is 17.8 Å². The molecule has 0 radical (unpaired) electrons. The number of amides is 1. The van der Waals surface area contributed by atoms with Crippen LogP contribution in [-0.4, -0.2) is 42.3 Å². The molecule has 1 fully saturated rings. The molecule has 4 heterocycles. The van der Waals surface area contributed by atoms with Gasteiger partial charge in [0.25, 0.3) is 0 Å². The molecule has 1 aliphatic heterocycles. The maximum atomic E-state index is 13.2. The third-order valence-corrected chi connectivity index (χ3v) is 5.72. The lowest BCUT2D eigenvalue weighted by atomic mass is 9.98. The first-order valence-electron chi connectivity index (χ1n) is 9.83. The van der Waals surface area contributed by atoms with Gasteiger partial charge in [-0.1, -0.05) is 6.07 Å². The van der Waals surface area contributed by atoms with Crippen LogP contribution in [0.25, 0.3) is 5.65 Å². The van der Waals surface area contributed by atoms with Crippen molar-refractivity contribution in [2.24, 2.45) is 0 Å². The highest BCUT2D eigenvalue weighted by Crippen LogP contribution is 2.22. The Morgan fingerprint density at radius 1 is 1.22 bits per heavy atom. The third-order valence-electron chi connectivity index (χ3n) is 5.72. The van der Waals surface area contributed by atoms with Crippen LogP contribution in [0.1, 0.15) is 42.9 Å². The summed E-state index contributed by atoms with van der Waals surface area (Å²) in [5.41, 5.74) is 2.85. The molecule has 1 atom stereocenters. The molecule has 1 amide bonds. The SMILES string of the molecule is Cc1nc2ccccn2c1CC(=O)N1CCCCC1CCn1ccnc1C. The number of carbonyl (C=O) groups is 1. The van der Waals surface area contributed by atoms with Crippen LogP contribution in [0.3, 0.4) is 0 Å².